The summed E-state index contributed by atoms with van der Waals surface area (Å²) in [6, 6.07) is 16.1. The highest BCUT2D eigenvalue weighted by molar-refractivity contribution is 7.99. The predicted molar refractivity (Wildman–Crippen MR) is 116 cm³/mol. The molecule has 1 N–H and O–H groups in total. The molecule has 2 aromatic carbocycles. The fourth-order valence-corrected chi connectivity index (χ4v) is 3.79. The summed E-state index contributed by atoms with van der Waals surface area (Å²) in [6.07, 6.45) is 1.03. The zero-order valence-corrected chi connectivity index (χ0v) is 17.6. The van der Waals surface area contributed by atoms with E-state index in [9.17, 15) is 4.79 Å². The van der Waals surface area contributed by atoms with Crippen LogP contribution in [0.25, 0.3) is 11.4 Å². The van der Waals surface area contributed by atoms with Crippen LogP contribution in [0.5, 0.6) is 0 Å². The average molecular weight is 395 g/mol. The number of aromatic nitrogens is 3. The number of thioether (sulfide) groups is 1. The van der Waals surface area contributed by atoms with Gasteiger partial charge in [-0.25, -0.2) is 0 Å². The number of carbonyl (C=O) groups is 1. The van der Waals surface area contributed by atoms with E-state index in [1.807, 2.05) is 48.0 Å². The normalized spacial score (nSPS) is 12.0. The summed E-state index contributed by atoms with van der Waals surface area (Å²) in [5.74, 6) is 1.46. The largest absolute Gasteiger partial charge is 0.325 e. The van der Waals surface area contributed by atoms with Crippen LogP contribution in [-0.4, -0.2) is 26.4 Å². The number of amides is 1. The quantitative estimate of drug-likeness (QED) is 0.571. The van der Waals surface area contributed by atoms with Crippen LogP contribution >= 0.6 is 11.8 Å². The number of hydrogen-bond donors (Lipinski definition) is 1. The molecule has 1 aromatic heterocycles. The third-order valence-electron chi connectivity index (χ3n) is 4.93. The first-order valence-corrected chi connectivity index (χ1v) is 10.5. The average Bonchev–Trinajstić information content (AvgIpc) is 3.07. The molecule has 0 unspecified atom stereocenters. The van der Waals surface area contributed by atoms with Crippen LogP contribution in [0.15, 0.2) is 53.7 Å². The van der Waals surface area contributed by atoms with Crippen molar-refractivity contribution in [3.8, 4) is 11.4 Å². The van der Waals surface area contributed by atoms with Crippen molar-refractivity contribution in [2.24, 2.45) is 7.05 Å². The second kappa shape index (κ2) is 9.06. The van der Waals surface area contributed by atoms with E-state index >= 15 is 0 Å². The number of nitrogens with zero attached hydrogens (tertiary/aromatic N) is 3. The minimum Gasteiger partial charge on any atom is -0.325 e. The van der Waals surface area contributed by atoms with E-state index in [1.54, 1.807) is 0 Å². The molecule has 146 valence electrons. The Morgan fingerprint density at radius 3 is 2.61 bits per heavy atom. The zero-order chi connectivity index (χ0) is 20.1. The van der Waals surface area contributed by atoms with Gasteiger partial charge in [0.15, 0.2) is 11.0 Å². The van der Waals surface area contributed by atoms with Gasteiger partial charge < -0.3 is 9.88 Å². The highest BCUT2D eigenvalue weighted by Crippen LogP contribution is 2.28. The molecule has 0 aliphatic heterocycles. The summed E-state index contributed by atoms with van der Waals surface area (Å²) in [5, 5.41) is 12.4. The molecule has 3 rings (SSSR count). The molecular weight excluding hydrogens is 368 g/mol. The van der Waals surface area contributed by atoms with Crippen molar-refractivity contribution < 1.29 is 4.79 Å². The second-order valence-electron chi connectivity index (χ2n) is 6.91. The molecule has 0 saturated heterocycles. The minimum absolute atomic E-state index is 0.0406. The smallest absolute Gasteiger partial charge is 0.234 e. The minimum atomic E-state index is -0.0406. The lowest BCUT2D eigenvalue weighted by Gasteiger charge is -2.15. The number of rotatable bonds is 7. The number of carbonyl (C=O) groups excluding carboxylic acids is 1. The summed E-state index contributed by atoms with van der Waals surface area (Å²) >= 11 is 1.39. The Balaban J connectivity index is 1.67. The Morgan fingerprint density at radius 1 is 1.14 bits per heavy atom. The van der Waals surface area contributed by atoms with Crippen molar-refractivity contribution in [1.29, 1.82) is 0 Å². The van der Waals surface area contributed by atoms with Gasteiger partial charge in [0, 0.05) is 18.3 Å². The molecule has 0 aliphatic rings. The number of para-hydroxylation sites is 1. The molecule has 0 bridgehead atoms. The topological polar surface area (TPSA) is 59.8 Å². The first-order chi connectivity index (χ1) is 13.5. The van der Waals surface area contributed by atoms with Crippen LogP contribution in [0.1, 0.15) is 37.3 Å². The Morgan fingerprint density at radius 2 is 1.86 bits per heavy atom. The summed E-state index contributed by atoms with van der Waals surface area (Å²) in [7, 11) is 1.93. The number of benzene rings is 2. The van der Waals surface area contributed by atoms with Gasteiger partial charge in [0.25, 0.3) is 0 Å². The highest BCUT2D eigenvalue weighted by atomic mass is 32.2. The molecule has 0 spiro atoms. The van der Waals surface area contributed by atoms with Crippen LogP contribution in [0, 0.1) is 6.92 Å². The predicted octanol–water partition coefficient (Wildman–Crippen LogP) is 5.03. The molecule has 1 heterocycles. The van der Waals surface area contributed by atoms with Crippen molar-refractivity contribution in [1.82, 2.24) is 14.8 Å². The fourth-order valence-electron chi connectivity index (χ4n) is 3.08. The maximum Gasteiger partial charge on any atom is 0.234 e. The van der Waals surface area contributed by atoms with E-state index < -0.39 is 0 Å². The molecule has 0 saturated carbocycles. The van der Waals surface area contributed by atoms with Gasteiger partial charge >= 0.3 is 0 Å². The summed E-state index contributed by atoms with van der Waals surface area (Å²) in [6.45, 7) is 6.38. The lowest BCUT2D eigenvalue weighted by atomic mass is 9.97. The number of hydrogen-bond acceptors (Lipinski definition) is 4. The van der Waals surface area contributed by atoms with Gasteiger partial charge in [-0.1, -0.05) is 68.1 Å². The number of anilines is 1. The molecule has 1 amide bonds. The van der Waals surface area contributed by atoms with Crippen molar-refractivity contribution in [2.75, 3.05) is 11.1 Å². The maximum atomic E-state index is 12.5. The SMILES string of the molecule is CC[C@@H](C)c1ccccc1NC(=O)CSc1nnc(-c2ccccc2C)n1C. The van der Waals surface area contributed by atoms with Crippen molar-refractivity contribution >= 4 is 23.4 Å². The first-order valence-electron chi connectivity index (χ1n) is 9.48. The van der Waals surface area contributed by atoms with E-state index in [-0.39, 0.29) is 11.7 Å². The van der Waals surface area contributed by atoms with E-state index in [0.717, 1.165) is 34.2 Å². The number of nitrogens with one attached hydrogen (secondary N) is 1. The van der Waals surface area contributed by atoms with Crippen LogP contribution in [0.3, 0.4) is 0 Å². The Hall–Kier alpha value is -2.60. The zero-order valence-electron chi connectivity index (χ0n) is 16.8. The van der Waals surface area contributed by atoms with Gasteiger partial charge in [-0.05, 0) is 36.5 Å². The lowest BCUT2D eigenvalue weighted by Crippen LogP contribution is -2.16. The Bertz CT molecular complexity index is 967. The first kappa shape index (κ1) is 20.1. The van der Waals surface area contributed by atoms with E-state index in [1.165, 1.54) is 17.3 Å². The van der Waals surface area contributed by atoms with Gasteiger partial charge in [-0.3, -0.25) is 4.79 Å². The highest BCUT2D eigenvalue weighted by Gasteiger charge is 2.15. The molecule has 3 aromatic rings. The van der Waals surface area contributed by atoms with Gasteiger partial charge in [-0.15, -0.1) is 10.2 Å². The summed E-state index contributed by atoms with van der Waals surface area (Å²) in [4.78, 5) is 12.5. The molecule has 6 heteroatoms. The summed E-state index contributed by atoms with van der Waals surface area (Å²) < 4.78 is 1.94. The summed E-state index contributed by atoms with van der Waals surface area (Å²) in [5.41, 5.74) is 4.26. The molecule has 28 heavy (non-hydrogen) atoms. The standard InChI is InChI=1S/C22H26N4OS/c1-5-15(2)17-11-8-9-13-19(17)23-20(27)14-28-22-25-24-21(26(22)4)18-12-7-6-10-16(18)3/h6-13,15H,5,14H2,1-4H3,(H,23,27)/t15-/m1/s1. The van der Waals surface area contributed by atoms with E-state index in [2.05, 4.69) is 48.4 Å². The third-order valence-corrected chi connectivity index (χ3v) is 5.95. The van der Waals surface area contributed by atoms with Crippen LogP contribution in [0.2, 0.25) is 0 Å². The molecule has 0 radical (unpaired) electrons. The fraction of sp³-hybridized carbons (Fsp3) is 0.318. The molecule has 1 atom stereocenters. The van der Waals surface area contributed by atoms with Crippen LogP contribution < -0.4 is 5.32 Å². The van der Waals surface area contributed by atoms with Gasteiger partial charge in [-0.2, -0.15) is 0 Å². The monoisotopic (exact) mass is 394 g/mol. The number of aryl methyl sites for hydroxylation is 1. The second-order valence-corrected chi connectivity index (χ2v) is 7.86. The molecular formula is C22H26N4OS. The van der Waals surface area contributed by atoms with Gasteiger partial charge in [0.1, 0.15) is 0 Å². The molecule has 0 fully saturated rings. The lowest BCUT2D eigenvalue weighted by molar-refractivity contribution is -0.113. The van der Waals surface area contributed by atoms with Crippen LogP contribution in [-0.2, 0) is 11.8 Å². The maximum absolute atomic E-state index is 12.5. The van der Waals surface area contributed by atoms with E-state index in [4.69, 9.17) is 0 Å². The third kappa shape index (κ3) is 4.44. The molecule has 5 nitrogen and oxygen atoms in total. The Kier molecular flexibility index (Phi) is 6.52. The van der Waals surface area contributed by atoms with E-state index in [0.29, 0.717) is 5.92 Å². The Labute approximate surface area is 170 Å². The van der Waals surface area contributed by atoms with Gasteiger partial charge in [0.05, 0.1) is 5.75 Å². The van der Waals surface area contributed by atoms with Crippen molar-refractivity contribution in [3.63, 3.8) is 0 Å². The van der Waals surface area contributed by atoms with Crippen molar-refractivity contribution in [3.05, 3.63) is 59.7 Å². The van der Waals surface area contributed by atoms with Crippen LogP contribution in [0.4, 0.5) is 5.69 Å². The van der Waals surface area contributed by atoms with Gasteiger partial charge in [0.2, 0.25) is 5.91 Å². The van der Waals surface area contributed by atoms with Crippen molar-refractivity contribution in [2.45, 2.75) is 38.3 Å². The molecule has 0 aliphatic carbocycles.